The molecular formula is C19H30N2O3. The maximum Gasteiger partial charge on any atom is 0.337 e. The van der Waals surface area contributed by atoms with Crippen LogP contribution in [0.4, 0.5) is 0 Å². The van der Waals surface area contributed by atoms with Crippen molar-refractivity contribution in [2.45, 2.75) is 32.4 Å². The Morgan fingerprint density at radius 1 is 1.29 bits per heavy atom. The summed E-state index contributed by atoms with van der Waals surface area (Å²) in [4.78, 5) is 16.6. The van der Waals surface area contributed by atoms with E-state index in [1.807, 2.05) is 12.1 Å². The summed E-state index contributed by atoms with van der Waals surface area (Å²) in [5, 5.41) is 0. The van der Waals surface area contributed by atoms with Crippen LogP contribution in [-0.2, 0) is 11.3 Å². The average molecular weight is 334 g/mol. The van der Waals surface area contributed by atoms with Crippen molar-refractivity contribution in [3.8, 4) is 5.75 Å². The largest absolute Gasteiger partial charge is 0.496 e. The summed E-state index contributed by atoms with van der Waals surface area (Å²) in [5.74, 6) is 1.21. The Bertz CT molecular complexity index is 560. The molecule has 0 spiro atoms. The first kappa shape index (κ1) is 18.7. The minimum atomic E-state index is -0.310. The molecule has 0 aromatic heterocycles. The van der Waals surface area contributed by atoms with Crippen LogP contribution in [0.5, 0.6) is 5.75 Å². The predicted octanol–water partition coefficient (Wildman–Crippen LogP) is 2.64. The number of likely N-dealkylation sites (tertiary alicyclic amines) is 1. The van der Waals surface area contributed by atoms with E-state index < -0.39 is 0 Å². The van der Waals surface area contributed by atoms with Gasteiger partial charge < -0.3 is 14.4 Å². The molecule has 24 heavy (non-hydrogen) atoms. The lowest BCUT2D eigenvalue weighted by Crippen LogP contribution is -2.35. The van der Waals surface area contributed by atoms with Gasteiger partial charge in [0.05, 0.1) is 19.8 Å². The number of carbonyl (C=O) groups excluding carboxylic acids is 1. The molecular weight excluding hydrogens is 304 g/mol. The van der Waals surface area contributed by atoms with Crippen LogP contribution in [-0.4, -0.2) is 63.2 Å². The van der Waals surface area contributed by atoms with Gasteiger partial charge >= 0.3 is 5.97 Å². The molecule has 1 saturated heterocycles. The van der Waals surface area contributed by atoms with E-state index in [1.165, 1.54) is 20.0 Å². The Kier molecular flexibility index (Phi) is 6.63. The molecule has 1 fully saturated rings. The normalized spacial score (nSPS) is 21.2. The smallest absolute Gasteiger partial charge is 0.337 e. The second-order valence-electron chi connectivity index (χ2n) is 6.79. The van der Waals surface area contributed by atoms with Gasteiger partial charge in [-0.15, -0.1) is 0 Å². The first-order valence-corrected chi connectivity index (χ1v) is 8.64. The van der Waals surface area contributed by atoms with Gasteiger partial charge in [0.1, 0.15) is 5.75 Å². The van der Waals surface area contributed by atoms with Crippen molar-refractivity contribution in [2.24, 2.45) is 5.92 Å². The molecule has 0 bridgehead atoms. The van der Waals surface area contributed by atoms with Gasteiger partial charge in [0, 0.05) is 31.2 Å². The SMILES string of the molecule is CCC[C@@H]1CN(Cc2cc(C(=O)OC)ccc2OC)C[C@H]1N(C)C. The number of hydrogen-bond donors (Lipinski definition) is 0. The van der Waals surface area contributed by atoms with E-state index in [0.29, 0.717) is 17.5 Å². The number of benzene rings is 1. The van der Waals surface area contributed by atoms with Crippen LogP contribution in [0.25, 0.3) is 0 Å². The fourth-order valence-corrected chi connectivity index (χ4v) is 3.70. The summed E-state index contributed by atoms with van der Waals surface area (Å²) >= 11 is 0. The van der Waals surface area contributed by atoms with E-state index in [-0.39, 0.29) is 5.97 Å². The van der Waals surface area contributed by atoms with Gasteiger partial charge in [-0.3, -0.25) is 4.90 Å². The lowest BCUT2D eigenvalue weighted by atomic mass is 9.98. The first-order valence-electron chi connectivity index (χ1n) is 8.64. The molecule has 0 aliphatic carbocycles. The zero-order chi connectivity index (χ0) is 17.7. The lowest BCUT2D eigenvalue weighted by Gasteiger charge is -2.24. The second kappa shape index (κ2) is 8.49. The number of nitrogens with zero attached hydrogens (tertiary/aromatic N) is 2. The van der Waals surface area contributed by atoms with Gasteiger partial charge in [0.2, 0.25) is 0 Å². The molecule has 134 valence electrons. The average Bonchev–Trinajstić information content (AvgIpc) is 2.97. The van der Waals surface area contributed by atoms with Gasteiger partial charge in [-0.25, -0.2) is 4.79 Å². The maximum atomic E-state index is 11.8. The van der Waals surface area contributed by atoms with E-state index in [0.717, 1.165) is 30.9 Å². The summed E-state index contributed by atoms with van der Waals surface area (Å²) in [6.45, 7) is 5.17. The number of ether oxygens (including phenoxy) is 2. The Morgan fingerprint density at radius 3 is 2.62 bits per heavy atom. The summed E-state index contributed by atoms with van der Waals surface area (Å²) < 4.78 is 10.3. The number of carbonyl (C=O) groups is 1. The molecule has 0 amide bonds. The van der Waals surface area contributed by atoms with Crippen LogP contribution in [0, 0.1) is 5.92 Å². The molecule has 0 radical (unpaired) electrons. The van der Waals surface area contributed by atoms with E-state index in [4.69, 9.17) is 9.47 Å². The van der Waals surface area contributed by atoms with Gasteiger partial charge in [0.25, 0.3) is 0 Å². The summed E-state index contributed by atoms with van der Waals surface area (Å²) in [7, 11) is 7.40. The van der Waals surface area contributed by atoms with Crippen LogP contribution in [0.3, 0.4) is 0 Å². The molecule has 1 aliphatic heterocycles. The van der Waals surface area contributed by atoms with E-state index in [9.17, 15) is 4.79 Å². The highest BCUT2D eigenvalue weighted by Gasteiger charge is 2.33. The number of esters is 1. The van der Waals surface area contributed by atoms with Crippen LogP contribution in [0.15, 0.2) is 18.2 Å². The van der Waals surface area contributed by atoms with Crippen molar-refractivity contribution in [1.82, 2.24) is 9.80 Å². The second-order valence-corrected chi connectivity index (χ2v) is 6.79. The molecule has 5 heteroatoms. The monoisotopic (exact) mass is 334 g/mol. The molecule has 2 rings (SSSR count). The van der Waals surface area contributed by atoms with E-state index in [2.05, 4.69) is 30.8 Å². The summed E-state index contributed by atoms with van der Waals surface area (Å²) in [5.41, 5.74) is 1.61. The van der Waals surface area contributed by atoms with Crippen molar-refractivity contribution >= 4 is 5.97 Å². The Balaban J connectivity index is 2.16. The first-order chi connectivity index (χ1) is 11.5. The van der Waals surface area contributed by atoms with Gasteiger partial charge in [-0.1, -0.05) is 13.3 Å². The van der Waals surface area contributed by atoms with Crippen molar-refractivity contribution in [3.63, 3.8) is 0 Å². The Labute approximate surface area is 145 Å². The minimum absolute atomic E-state index is 0.310. The number of methoxy groups -OCH3 is 2. The highest BCUT2D eigenvalue weighted by molar-refractivity contribution is 5.89. The van der Waals surface area contributed by atoms with Gasteiger partial charge in [-0.05, 0) is 44.6 Å². The van der Waals surface area contributed by atoms with Gasteiger partial charge in [0.15, 0.2) is 0 Å². The van der Waals surface area contributed by atoms with Crippen molar-refractivity contribution < 1.29 is 14.3 Å². The summed E-state index contributed by atoms with van der Waals surface area (Å²) in [6, 6.07) is 6.08. The Morgan fingerprint density at radius 2 is 2.04 bits per heavy atom. The zero-order valence-corrected chi connectivity index (χ0v) is 15.5. The third-order valence-electron chi connectivity index (χ3n) is 4.90. The van der Waals surface area contributed by atoms with Crippen LogP contribution in [0.1, 0.15) is 35.7 Å². The van der Waals surface area contributed by atoms with E-state index >= 15 is 0 Å². The molecule has 1 aromatic rings. The quantitative estimate of drug-likeness (QED) is 0.717. The standard InChI is InChI=1S/C19H30N2O3/c1-6-7-15-11-21(13-17(15)20(2)3)12-16-10-14(19(22)24-5)8-9-18(16)23-4/h8-10,15,17H,6-7,11-13H2,1-5H3/t15-,17-/m1/s1. The molecule has 1 heterocycles. The van der Waals surface area contributed by atoms with Crippen LogP contribution in [0.2, 0.25) is 0 Å². The third-order valence-corrected chi connectivity index (χ3v) is 4.90. The maximum absolute atomic E-state index is 11.8. The highest BCUT2D eigenvalue weighted by Crippen LogP contribution is 2.29. The van der Waals surface area contributed by atoms with Crippen molar-refractivity contribution in [3.05, 3.63) is 29.3 Å². The fourth-order valence-electron chi connectivity index (χ4n) is 3.70. The molecule has 2 atom stereocenters. The third kappa shape index (κ3) is 4.28. The van der Waals surface area contributed by atoms with Crippen molar-refractivity contribution in [1.29, 1.82) is 0 Å². The van der Waals surface area contributed by atoms with Crippen LogP contribution >= 0.6 is 0 Å². The lowest BCUT2D eigenvalue weighted by molar-refractivity contribution is 0.0600. The molecule has 0 saturated carbocycles. The van der Waals surface area contributed by atoms with Gasteiger partial charge in [-0.2, -0.15) is 0 Å². The van der Waals surface area contributed by atoms with Crippen molar-refractivity contribution in [2.75, 3.05) is 41.4 Å². The zero-order valence-electron chi connectivity index (χ0n) is 15.5. The summed E-state index contributed by atoms with van der Waals surface area (Å²) in [6.07, 6.45) is 2.46. The topological polar surface area (TPSA) is 42.0 Å². The fraction of sp³-hybridized carbons (Fsp3) is 0.632. The predicted molar refractivity (Wildman–Crippen MR) is 95.5 cm³/mol. The minimum Gasteiger partial charge on any atom is -0.496 e. The molecule has 5 nitrogen and oxygen atoms in total. The van der Waals surface area contributed by atoms with E-state index in [1.54, 1.807) is 13.2 Å². The molecule has 0 N–H and O–H groups in total. The number of likely N-dealkylation sites (N-methyl/N-ethyl adjacent to an activating group) is 1. The molecule has 1 aliphatic rings. The number of hydrogen-bond acceptors (Lipinski definition) is 5. The molecule has 0 unspecified atom stereocenters. The van der Waals surface area contributed by atoms with Crippen LogP contribution < -0.4 is 4.74 Å². The number of rotatable bonds is 7. The highest BCUT2D eigenvalue weighted by atomic mass is 16.5. The Hall–Kier alpha value is -1.59. The molecule has 1 aromatic carbocycles.